The van der Waals surface area contributed by atoms with Crippen LogP contribution >= 0.6 is 11.3 Å². The summed E-state index contributed by atoms with van der Waals surface area (Å²) in [5.41, 5.74) is 4.47. The van der Waals surface area contributed by atoms with Crippen molar-refractivity contribution in [2.24, 2.45) is 0 Å². The van der Waals surface area contributed by atoms with Gasteiger partial charge in [-0.3, -0.25) is 4.98 Å². The van der Waals surface area contributed by atoms with E-state index in [9.17, 15) is 0 Å². The molecule has 0 bridgehead atoms. The second kappa shape index (κ2) is 6.42. The number of rotatable bonds is 4. The first kappa shape index (κ1) is 14.8. The Labute approximate surface area is 145 Å². The number of pyridine rings is 1. The quantitative estimate of drug-likeness (QED) is 0.534. The number of nitrogens with one attached hydrogen (secondary N) is 1. The molecule has 3 nitrogen and oxygen atoms in total. The number of thiazole rings is 1. The molecule has 4 rings (SSSR count). The fourth-order valence-electron chi connectivity index (χ4n) is 2.70. The topological polar surface area (TPSA) is 37.8 Å². The molecule has 0 aliphatic heterocycles. The van der Waals surface area contributed by atoms with Gasteiger partial charge in [0.05, 0.1) is 10.2 Å². The highest BCUT2D eigenvalue weighted by Gasteiger charge is 2.09. The summed E-state index contributed by atoms with van der Waals surface area (Å²) in [7, 11) is 0. The van der Waals surface area contributed by atoms with E-state index in [4.69, 9.17) is 4.98 Å². The first-order valence-corrected chi connectivity index (χ1v) is 8.74. The Morgan fingerprint density at radius 3 is 2.67 bits per heavy atom. The maximum Gasteiger partial charge on any atom is 0.126 e. The van der Waals surface area contributed by atoms with E-state index in [0.29, 0.717) is 0 Å². The van der Waals surface area contributed by atoms with Gasteiger partial charge >= 0.3 is 0 Å². The standard InChI is InChI=1S/C20H17N3S/c1-14(15-6-3-2-4-7-15)22-17-9-10-18-19(12-17)24-20(23-18)16-8-5-11-21-13-16/h2-14,22H,1H3. The molecular formula is C20H17N3S. The molecule has 0 saturated heterocycles. The fourth-order valence-corrected chi connectivity index (χ4v) is 3.70. The van der Waals surface area contributed by atoms with Gasteiger partial charge in [-0.15, -0.1) is 11.3 Å². The monoisotopic (exact) mass is 331 g/mol. The fraction of sp³-hybridized carbons (Fsp3) is 0.100. The molecule has 4 aromatic rings. The van der Waals surface area contributed by atoms with E-state index in [-0.39, 0.29) is 6.04 Å². The van der Waals surface area contributed by atoms with Gasteiger partial charge < -0.3 is 5.32 Å². The molecule has 1 unspecified atom stereocenters. The predicted octanol–water partition coefficient (Wildman–Crippen LogP) is 5.53. The molecule has 0 amide bonds. The van der Waals surface area contributed by atoms with E-state index in [1.54, 1.807) is 17.5 Å². The van der Waals surface area contributed by atoms with Crippen LogP contribution in [0.15, 0.2) is 73.1 Å². The van der Waals surface area contributed by atoms with Crippen molar-refractivity contribution in [1.82, 2.24) is 9.97 Å². The van der Waals surface area contributed by atoms with E-state index >= 15 is 0 Å². The number of nitrogens with zero attached hydrogens (tertiary/aromatic N) is 2. The van der Waals surface area contributed by atoms with Crippen LogP contribution in [0, 0.1) is 0 Å². The number of hydrogen-bond donors (Lipinski definition) is 1. The predicted molar refractivity (Wildman–Crippen MR) is 101 cm³/mol. The van der Waals surface area contributed by atoms with E-state index in [1.807, 2.05) is 24.4 Å². The van der Waals surface area contributed by atoms with Crippen LogP contribution in [0.4, 0.5) is 5.69 Å². The van der Waals surface area contributed by atoms with Gasteiger partial charge in [-0.1, -0.05) is 30.3 Å². The highest BCUT2D eigenvalue weighted by molar-refractivity contribution is 7.21. The molecule has 2 aromatic carbocycles. The largest absolute Gasteiger partial charge is 0.378 e. The molecule has 2 heterocycles. The number of anilines is 1. The van der Waals surface area contributed by atoms with E-state index in [0.717, 1.165) is 21.8 Å². The van der Waals surface area contributed by atoms with Crippen LogP contribution in [0.2, 0.25) is 0 Å². The lowest BCUT2D eigenvalue weighted by atomic mass is 10.1. The lowest BCUT2D eigenvalue weighted by molar-refractivity contribution is 0.885. The van der Waals surface area contributed by atoms with Gasteiger partial charge in [0.25, 0.3) is 0 Å². The van der Waals surface area contributed by atoms with Crippen molar-refractivity contribution in [3.8, 4) is 10.6 Å². The molecule has 0 aliphatic rings. The third kappa shape index (κ3) is 3.01. The maximum absolute atomic E-state index is 4.71. The molecule has 0 spiro atoms. The summed E-state index contributed by atoms with van der Waals surface area (Å²) in [6, 6.07) is 21.0. The third-order valence-corrected chi connectivity index (χ3v) is 5.05. The van der Waals surface area contributed by atoms with Crippen molar-refractivity contribution < 1.29 is 0 Å². The molecule has 1 atom stereocenters. The maximum atomic E-state index is 4.71. The Hall–Kier alpha value is -2.72. The first-order chi connectivity index (χ1) is 11.8. The van der Waals surface area contributed by atoms with Crippen LogP contribution in [0.3, 0.4) is 0 Å². The lowest BCUT2D eigenvalue weighted by Crippen LogP contribution is -2.05. The van der Waals surface area contributed by atoms with Gasteiger partial charge in [-0.25, -0.2) is 4.98 Å². The zero-order valence-corrected chi connectivity index (χ0v) is 14.1. The second-order valence-electron chi connectivity index (χ2n) is 5.72. The smallest absolute Gasteiger partial charge is 0.126 e. The average Bonchev–Trinajstić information content (AvgIpc) is 3.06. The molecule has 0 aliphatic carbocycles. The Kier molecular flexibility index (Phi) is 3.97. The number of hydrogen-bond acceptors (Lipinski definition) is 4. The second-order valence-corrected chi connectivity index (χ2v) is 6.75. The highest BCUT2D eigenvalue weighted by Crippen LogP contribution is 2.32. The zero-order chi connectivity index (χ0) is 16.4. The van der Waals surface area contributed by atoms with Crippen LogP contribution in [0.5, 0.6) is 0 Å². The van der Waals surface area contributed by atoms with Crippen molar-refractivity contribution in [1.29, 1.82) is 0 Å². The summed E-state index contributed by atoms with van der Waals surface area (Å²) in [6.07, 6.45) is 3.64. The molecule has 1 N–H and O–H groups in total. The molecule has 24 heavy (non-hydrogen) atoms. The van der Waals surface area contributed by atoms with Crippen molar-refractivity contribution >= 4 is 27.2 Å². The summed E-state index contributed by atoms with van der Waals surface area (Å²) in [5.74, 6) is 0. The summed E-state index contributed by atoms with van der Waals surface area (Å²) in [6.45, 7) is 2.17. The van der Waals surface area contributed by atoms with Gasteiger partial charge in [-0.2, -0.15) is 0 Å². The minimum atomic E-state index is 0.259. The normalized spacial score (nSPS) is 12.2. The van der Waals surface area contributed by atoms with Crippen molar-refractivity contribution in [2.75, 3.05) is 5.32 Å². The van der Waals surface area contributed by atoms with Crippen molar-refractivity contribution in [3.05, 3.63) is 78.6 Å². The SMILES string of the molecule is CC(Nc1ccc2nc(-c3cccnc3)sc2c1)c1ccccc1. The van der Waals surface area contributed by atoms with E-state index in [2.05, 4.69) is 59.7 Å². The minimum absolute atomic E-state index is 0.259. The summed E-state index contributed by atoms with van der Waals surface area (Å²) in [4.78, 5) is 8.89. The Balaban J connectivity index is 1.61. The molecule has 0 saturated carbocycles. The van der Waals surface area contributed by atoms with Gasteiger partial charge in [0.1, 0.15) is 5.01 Å². The molecule has 118 valence electrons. The van der Waals surface area contributed by atoms with Gasteiger partial charge in [0, 0.05) is 29.7 Å². The molecule has 2 aromatic heterocycles. The summed E-state index contributed by atoms with van der Waals surface area (Å²) < 4.78 is 1.18. The van der Waals surface area contributed by atoms with Crippen LogP contribution in [0.25, 0.3) is 20.8 Å². The Bertz CT molecular complexity index is 948. The van der Waals surface area contributed by atoms with E-state index < -0.39 is 0 Å². The molecule has 0 radical (unpaired) electrons. The third-order valence-electron chi connectivity index (χ3n) is 3.98. The van der Waals surface area contributed by atoms with Crippen LogP contribution < -0.4 is 5.32 Å². The minimum Gasteiger partial charge on any atom is -0.378 e. The highest BCUT2D eigenvalue weighted by atomic mass is 32.1. The van der Waals surface area contributed by atoms with Gasteiger partial charge in [-0.05, 0) is 42.8 Å². The van der Waals surface area contributed by atoms with Crippen LogP contribution in [-0.4, -0.2) is 9.97 Å². The number of benzene rings is 2. The molecular weight excluding hydrogens is 314 g/mol. The summed E-state index contributed by atoms with van der Waals surface area (Å²) in [5, 5.41) is 4.57. The molecule has 0 fully saturated rings. The molecule has 4 heteroatoms. The van der Waals surface area contributed by atoms with Crippen molar-refractivity contribution in [2.45, 2.75) is 13.0 Å². The first-order valence-electron chi connectivity index (χ1n) is 7.92. The zero-order valence-electron chi connectivity index (χ0n) is 13.3. The van der Waals surface area contributed by atoms with Crippen LogP contribution in [0.1, 0.15) is 18.5 Å². The number of fused-ring (bicyclic) bond motifs is 1. The van der Waals surface area contributed by atoms with E-state index in [1.165, 1.54) is 10.3 Å². The van der Waals surface area contributed by atoms with Gasteiger partial charge in [0.2, 0.25) is 0 Å². The van der Waals surface area contributed by atoms with Gasteiger partial charge in [0.15, 0.2) is 0 Å². The van der Waals surface area contributed by atoms with Crippen molar-refractivity contribution in [3.63, 3.8) is 0 Å². The number of aromatic nitrogens is 2. The van der Waals surface area contributed by atoms with Crippen LogP contribution in [-0.2, 0) is 0 Å². The average molecular weight is 331 g/mol. The Morgan fingerprint density at radius 2 is 1.88 bits per heavy atom. The summed E-state index contributed by atoms with van der Waals surface area (Å²) >= 11 is 1.70. The Morgan fingerprint density at radius 1 is 1.00 bits per heavy atom. The lowest BCUT2D eigenvalue weighted by Gasteiger charge is -2.15.